The maximum atomic E-state index is 11.8. The second kappa shape index (κ2) is 6.04. The Labute approximate surface area is 137 Å². The van der Waals surface area contributed by atoms with E-state index >= 15 is 0 Å². The Morgan fingerprint density at radius 2 is 1.78 bits per heavy atom. The summed E-state index contributed by atoms with van der Waals surface area (Å²) >= 11 is 0. The van der Waals surface area contributed by atoms with Gasteiger partial charge in [-0.3, -0.25) is 0 Å². The van der Waals surface area contributed by atoms with Gasteiger partial charge in [0.15, 0.2) is 0 Å². The number of allylic oxidation sites excluding steroid dienone is 2. The van der Waals surface area contributed by atoms with Crippen molar-refractivity contribution in [3.8, 4) is 0 Å². The largest absolute Gasteiger partial charge is 0.462 e. The average Bonchev–Trinajstić information content (AvgIpc) is 2.79. The van der Waals surface area contributed by atoms with Gasteiger partial charge in [0.2, 0.25) is 0 Å². The van der Waals surface area contributed by atoms with E-state index < -0.39 is 0 Å². The summed E-state index contributed by atoms with van der Waals surface area (Å²) in [6, 6.07) is 14.4. The normalized spacial score (nSPS) is 16.4. The minimum Gasteiger partial charge on any atom is -0.462 e. The molecule has 0 aromatic heterocycles. The standard InChI is InChI=1S/C21H22O2/c1-5-23-21(22)17-9-7-16(8-10-17)20-14(3)18-11-6-13(2)12-19(18)15(20)4/h6-12,15H,5H2,1-4H3. The van der Waals surface area contributed by atoms with Gasteiger partial charge in [-0.2, -0.15) is 0 Å². The highest BCUT2D eigenvalue weighted by molar-refractivity contribution is 5.99. The van der Waals surface area contributed by atoms with Gasteiger partial charge in [-0.15, -0.1) is 0 Å². The Morgan fingerprint density at radius 3 is 2.43 bits per heavy atom. The molecule has 0 N–H and O–H groups in total. The third-order valence-corrected chi connectivity index (χ3v) is 4.62. The molecular formula is C21H22O2. The molecule has 1 atom stereocenters. The molecule has 0 radical (unpaired) electrons. The predicted molar refractivity (Wildman–Crippen MR) is 94.5 cm³/mol. The van der Waals surface area contributed by atoms with Crippen molar-refractivity contribution in [1.29, 1.82) is 0 Å². The number of carbonyl (C=O) groups excluding carboxylic acids is 1. The quantitative estimate of drug-likeness (QED) is 0.727. The van der Waals surface area contributed by atoms with Crippen LogP contribution in [0.2, 0.25) is 0 Å². The highest BCUT2D eigenvalue weighted by Gasteiger charge is 2.26. The number of carbonyl (C=O) groups is 1. The van der Waals surface area contributed by atoms with Crippen LogP contribution in [0.3, 0.4) is 0 Å². The molecule has 0 spiro atoms. The molecular weight excluding hydrogens is 284 g/mol. The van der Waals surface area contributed by atoms with Gasteiger partial charge in [0.1, 0.15) is 0 Å². The molecule has 0 bridgehead atoms. The lowest BCUT2D eigenvalue weighted by atomic mass is 9.91. The van der Waals surface area contributed by atoms with E-state index in [1.807, 2.05) is 31.2 Å². The lowest BCUT2D eigenvalue weighted by molar-refractivity contribution is 0.0526. The van der Waals surface area contributed by atoms with Crippen LogP contribution in [-0.4, -0.2) is 12.6 Å². The van der Waals surface area contributed by atoms with Gasteiger partial charge >= 0.3 is 5.97 Å². The second-order valence-electron chi connectivity index (χ2n) is 6.15. The minimum atomic E-state index is -0.261. The molecule has 2 heteroatoms. The first-order valence-electron chi connectivity index (χ1n) is 8.12. The molecule has 0 heterocycles. The van der Waals surface area contributed by atoms with Crippen LogP contribution in [0.1, 0.15) is 59.3 Å². The average molecular weight is 306 g/mol. The summed E-state index contributed by atoms with van der Waals surface area (Å²) < 4.78 is 5.05. The number of rotatable bonds is 3. The first kappa shape index (κ1) is 15.5. The number of esters is 1. The van der Waals surface area contributed by atoms with Gasteiger partial charge in [-0.25, -0.2) is 4.79 Å². The molecule has 2 nitrogen and oxygen atoms in total. The summed E-state index contributed by atoms with van der Waals surface area (Å²) in [5.74, 6) is 0.112. The van der Waals surface area contributed by atoms with Crippen molar-refractivity contribution in [1.82, 2.24) is 0 Å². The van der Waals surface area contributed by atoms with Gasteiger partial charge in [0.05, 0.1) is 12.2 Å². The van der Waals surface area contributed by atoms with Gasteiger partial charge < -0.3 is 4.74 Å². The smallest absolute Gasteiger partial charge is 0.338 e. The predicted octanol–water partition coefficient (Wildman–Crippen LogP) is 5.22. The monoisotopic (exact) mass is 306 g/mol. The van der Waals surface area contributed by atoms with E-state index in [-0.39, 0.29) is 5.97 Å². The van der Waals surface area contributed by atoms with E-state index in [4.69, 9.17) is 4.74 Å². The molecule has 0 amide bonds. The van der Waals surface area contributed by atoms with E-state index in [1.54, 1.807) is 0 Å². The number of aryl methyl sites for hydroxylation is 1. The summed E-state index contributed by atoms with van der Waals surface area (Å²) in [6.07, 6.45) is 0. The van der Waals surface area contributed by atoms with Crippen LogP contribution in [0, 0.1) is 6.92 Å². The van der Waals surface area contributed by atoms with Gasteiger partial charge in [-0.05, 0) is 60.7 Å². The fourth-order valence-electron chi connectivity index (χ4n) is 3.47. The van der Waals surface area contributed by atoms with Crippen LogP contribution in [0.5, 0.6) is 0 Å². The van der Waals surface area contributed by atoms with Crippen molar-refractivity contribution < 1.29 is 9.53 Å². The summed E-state index contributed by atoms with van der Waals surface area (Å²) in [4.78, 5) is 11.8. The van der Waals surface area contributed by atoms with Crippen molar-refractivity contribution >= 4 is 17.1 Å². The van der Waals surface area contributed by atoms with Crippen LogP contribution in [0.25, 0.3) is 11.1 Å². The molecule has 2 aromatic carbocycles. The first-order valence-corrected chi connectivity index (χ1v) is 8.12. The minimum absolute atomic E-state index is 0.261. The molecule has 0 saturated carbocycles. The Morgan fingerprint density at radius 1 is 1.09 bits per heavy atom. The van der Waals surface area contributed by atoms with Crippen LogP contribution < -0.4 is 0 Å². The lowest BCUT2D eigenvalue weighted by Crippen LogP contribution is -2.04. The maximum Gasteiger partial charge on any atom is 0.338 e. The molecule has 1 unspecified atom stereocenters. The van der Waals surface area contributed by atoms with Crippen molar-refractivity contribution in [2.75, 3.05) is 6.61 Å². The zero-order valence-corrected chi connectivity index (χ0v) is 14.1. The van der Waals surface area contributed by atoms with Crippen LogP contribution in [0.15, 0.2) is 42.5 Å². The van der Waals surface area contributed by atoms with E-state index in [0.29, 0.717) is 18.1 Å². The van der Waals surface area contributed by atoms with Gasteiger partial charge in [-0.1, -0.05) is 42.8 Å². The van der Waals surface area contributed by atoms with Crippen molar-refractivity contribution in [2.45, 2.75) is 33.6 Å². The van der Waals surface area contributed by atoms with Crippen LogP contribution in [-0.2, 0) is 4.74 Å². The van der Waals surface area contributed by atoms with Crippen LogP contribution >= 0.6 is 0 Å². The lowest BCUT2D eigenvalue weighted by Gasteiger charge is -2.13. The van der Waals surface area contributed by atoms with Crippen LogP contribution in [0.4, 0.5) is 0 Å². The highest BCUT2D eigenvalue weighted by atomic mass is 16.5. The number of hydrogen-bond donors (Lipinski definition) is 0. The molecule has 23 heavy (non-hydrogen) atoms. The molecule has 2 aromatic rings. The molecule has 1 aliphatic carbocycles. The molecule has 0 aliphatic heterocycles. The van der Waals surface area contributed by atoms with E-state index in [2.05, 4.69) is 39.0 Å². The Balaban J connectivity index is 1.96. The highest BCUT2D eigenvalue weighted by Crippen LogP contribution is 2.46. The molecule has 1 aliphatic rings. The maximum absolute atomic E-state index is 11.8. The molecule has 0 saturated heterocycles. The Bertz CT molecular complexity index is 782. The van der Waals surface area contributed by atoms with Gasteiger partial charge in [0, 0.05) is 5.92 Å². The fraction of sp³-hybridized carbons (Fsp3) is 0.286. The van der Waals surface area contributed by atoms with E-state index in [9.17, 15) is 4.79 Å². The SMILES string of the molecule is CCOC(=O)c1ccc(C2=C(C)c3ccc(C)cc3C2C)cc1. The zero-order chi connectivity index (χ0) is 16.6. The van der Waals surface area contributed by atoms with Gasteiger partial charge in [0.25, 0.3) is 0 Å². The zero-order valence-electron chi connectivity index (χ0n) is 14.1. The summed E-state index contributed by atoms with van der Waals surface area (Å²) in [5, 5.41) is 0. The van der Waals surface area contributed by atoms with Crippen molar-refractivity contribution in [3.05, 3.63) is 70.3 Å². The molecule has 0 fully saturated rings. The summed E-state index contributed by atoms with van der Waals surface area (Å²) in [6.45, 7) is 8.79. The Kier molecular flexibility index (Phi) is 4.08. The number of hydrogen-bond acceptors (Lipinski definition) is 2. The van der Waals surface area contributed by atoms with E-state index in [1.165, 1.54) is 33.4 Å². The third kappa shape index (κ3) is 2.70. The fourth-order valence-corrected chi connectivity index (χ4v) is 3.47. The van der Waals surface area contributed by atoms with Crippen molar-refractivity contribution in [2.24, 2.45) is 0 Å². The topological polar surface area (TPSA) is 26.3 Å². The van der Waals surface area contributed by atoms with Crippen molar-refractivity contribution in [3.63, 3.8) is 0 Å². The number of benzene rings is 2. The molecule has 118 valence electrons. The summed E-state index contributed by atoms with van der Waals surface area (Å²) in [7, 11) is 0. The summed E-state index contributed by atoms with van der Waals surface area (Å²) in [5.41, 5.74) is 8.49. The second-order valence-corrected chi connectivity index (χ2v) is 6.15. The third-order valence-electron chi connectivity index (χ3n) is 4.62. The van der Waals surface area contributed by atoms with E-state index in [0.717, 1.165) is 0 Å². The number of fused-ring (bicyclic) bond motifs is 1. The number of ether oxygens (including phenoxy) is 1. The Hall–Kier alpha value is -2.35. The first-order chi connectivity index (χ1) is 11.0. The molecule has 3 rings (SSSR count).